The summed E-state index contributed by atoms with van der Waals surface area (Å²) in [4.78, 5) is 16.4. The standard InChI is InChI=1S/C18H16ClN3O3S2/c19-16-9-5-4-6-13(16)11-20-17(23)10-14-12-26-18(21-14)22-27(24,25)15-7-2-1-3-8-15/h1-9,12H,10-11H2,(H,20,23)(H,21,22). The van der Waals surface area contributed by atoms with Gasteiger partial charge in [0, 0.05) is 16.9 Å². The van der Waals surface area contributed by atoms with E-state index in [1.54, 1.807) is 29.6 Å². The topological polar surface area (TPSA) is 88.2 Å². The van der Waals surface area contributed by atoms with Crippen LogP contribution in [-0.4, -0.2) is 19.3 Å². The second kappa shape index (κ2) is 8.51. The lowest BCUT2D eigenvalue weighted by Gasteiger charge is -2.06. The molecule has 0 spiro atoms. The number of benzene rings is 2. The van der Waals surface area contributed by atoms with Gasteiger partial charge in [0.25, 0.3) is 10.0 Å². The third-order valence-electron chi connectivity index (χ3n) is 3.60. The fourth-order valence-electron chi connectivity index (χ4n) is 2.27. The molecule has 1 heterocycles. The molecule has 3 aromatic rings. The maximum atomic E-state index is 12.3. The molecule has 1 amide bonds. The van der Waals surface area contributed by atoms with Crippen LogP contribution in [0.4, 0.5) is 5.13 Å². The van der Waals surface area contributed by atoms with Gasteiger partial charge in [-0.3, -0.25) is 9.52 Å². The predicted octanol–water partition coefficient (Wildman–Crippen LogP) is 3.46. The summed E-state index contributed by atoms with van der Waals surface area (Å²) in [7, 11) is -3.70. The SMILES string of the molecule is O=C(Cc1csc(NS(=O)(=O)c2ccccc2)n1)NCc1ccccc1Cl. The lowest BCUT2D eigenvalue weighted by Crippen LogP contribution is -2.24. The minimum atomic E-state index is -3.70. The summed E-state index contributed by atoms with van der Waals surface area (Å²) in [6.45, 7) is 0.316. The number of nitrogens with one attached hydrogen (secondary N) is 2. The maximum Gasteiger partial charge on any atom is 0.263 e. The lowest BCUT2D eigenvalue weighted by molar-refractivity contribution is -0.120. The first-order valence-electron chi connectivity index (χ1n) is 7.96. The number of thiazole rings is 1. The van der Waals surface area contributed by atoms with Gasteiger partial charge in [0.2, 0.25) is 5.91 Å². The van der Waals surface area contributed by atoms with Crippen LogP contribution in [0.5, 0.6) is 0 Å². The first-order chi connectivity index (χ1) is 12.9. The number of hydrogen-bond acceptors (Lipinski definition) is 5. The highest BCUT2D eigenvalue weighted by Gasteiger charge is 2.16. The number of nitrogens with zero attached hydrogens (tertiary/aromatic N) is 1. The van der Waals surface area contributed by atoms with Crippen LogP contribution in [0, 0.1) is 0 Å². The summed E-state index contributed by atoms with van der Waals surface area (Å²) in [5, 5.41) is 5.23. The summed E-state index contributed by atoms with van der Waals surface area (Å²) in [5.41, 5.74) is 1.31. The number of amides is 1. The van der Waals surface area contributed by atoms with Crippen LogP contribution in [0.15, 0.2) is 64.9 Å². The smallest absolute Gasteiger partial charge is 0.263 e. The van der Waals surface area contributed by atoms with Gasteiger partial charge in [-0.05, 0) is 23.8 Å². The van der Waals surface area contributed by atoms with Crippen LogP contribution >= 0.6 is 22.9 Å². The Morgan fingerprint density at radius 1 is 1.07 bits per heavy atom. The minimum Gasteiger partial charge on any atom is -0.352 e. The highest BCUT2D eigenvalue weighted by Crippen LogP contribution is 2.20. The molecule has 0 aliphatic rings. The van der Waals surface area contributed by atoms with Crippen LogP contribution in [0.3, 0.4) is 0 Å². The van der Waals surface area contributed by atoms with E-state index in [4.69, 9.17) is 11.6 Å². The Morgan fingerprint density at radius 3 is 2.52 bits per heavy atom. The third-order valence-corrected chi connectivity index (χ3v) is 6.26. The molecule has 1 aromatic heterocycles. The molecule has 9 heteroatoms. The van der Waals surface area contributed by atoms with E-state index < -0.39 is 10.0 Å². The van der Waals surface area contributed by atoms with E-state index in [0.29, 0.717) is 17.3 Å². The zero-order valence-corrected chi connectivity index (χ0v) is 16.4. The summed E-state index contributed by atoms with van der Waals surface area (Å²) in [6.07, 6.45) is 0.0496. The molecule has 27 heavy (non-hydrogen) atoms. The first kappa shape index (κ1) is 19.3. The lowest BCUT2D eigenvalue weighted by atomic mass is 10.2. The molecular formula is C18H16ClN3O3S2. The Kier molecular flexibility index (Phi) is 6.10. The molecule has 0 aliphatic carbocycles. The van der Waals surface area contributed by atoms with Gasteiger partial charge in [-0.15, -0.1) is 11.3 Å². The van der Waals surface area contributed by atoms with Gasteiger partial charge in [0.05, 0.1) is 17.0 Å². The highest BCUT2D eigenvalue weighted by molar-refractivity contribution is 7.93. The van der Waals surface area contributed by atoms with Gasteiger partial charge in [0.1, 0.15) is 0 Å². The van der Waals surface area contributed by atoms with Gasteiger partial charge in [-0.1, -0.05) is 48.0 Å². The molecule has 0 fully saturated rings. The molecule has 0 saturated carbocycles. The van der Waals surface area contributed by atoms with Crippen molar-refractivity contribution in [2.45, 2.75) is 17.9 Å². The van der Waals surface area contributed by atoms with Gasteiger partial charge < -0.3 is 5.32 Å². The number of carbonyl (C=O) groups is 1. The fourth-order valence-corrected chi connectivity index (χ4v) is 4.46. The predicted molar refractivity (Wildman–Crippen MR) is 106 cm³/mol. The first-order valence-corrected chi connectivity index (χ1v) is 10.7. The average molecular weight is 422 g/mol. The molecule has 2 aromatic carbocycles. The van der Waals surface area contributed by atoms with E-state index in [0.717, 1.165) is 16.9 Å². The number of rotatable bonds is 7. The van der Waals surface area contributed by atoms with E-state index in [1.807, 2.05) is 18.2 Å². The van der Waals surface area contributed by atoms with Crippen LogP contribution < -0.4 is 10.0 Å². The monoisotopic (exact) mass is 421 g/mol. The largest absolute Gasteiger partial charge is 0.352 e. The molecule has 0 atom stereocenters. The minimum absolute atomic E-state index is 0.0496. The Labute approximate surface area is 166 Å². The molecule has 0 aliphatic heterocycles. The fraction of sp³-hybridized carbons (Fsp3) is 0.111. The summed E-state index contributed by atoms with van der Waals surface area (Å²) in [6, 6.07) is 15.3. The number of hydrogen-bond donors (Lipinski definition) is 2. The summed E-state index contributed by atoms with van der Waals surface area (Å²) >= 11 is 7.18. The van der Waals surface area contributed by atoms with E-state index >= 15 is 0 Å². The molecule has 0 saturated heterocycles. The second-order valence-corrected chi connectivity index (χ2v) is 8.56. The van der Waals surface area contributed by atoms with Gasteiger partial charge in [0.15, 0.2) is 5.13 Å². The molecule has 0 unspecified atom stereocenters. The van der Waals surface area contributed by atoms with Crippen LogP contribution in [0.2, 0.25) is 5.02 Å². The zero-order valence-electron chi connectivity index (χ0n) is 14.1. The van der Waals surface area contributed by atoms with Crippen molar-refractivity contribution < 1.29 is 13.2 Å². The Hall–Kier alpha value is -2.42. The highest BCUT2D eigenvalue weighted by atomic mass is 35.5. The van der Waals surface area contributed by atoms with Crippen molar-refractivity contribution in [1.29, 1.82) is 0 Å². The number of halogens is 1. The zero-order chi connectivity index (χ0) is 19.3. The molecule has 6 nitrogen and oxygen atoms in total. The molecule has 2 N–H and O–H groups in total. The molecule has 0 radical (unpaired) electrons. The van der Waals surface area contributed by atoms with Crippen LogP contribution in [0.1, 0.15) is 11.3 Å². The van der Waals surface area contributed by atoms with E-state index in [9.17, 15) is 13.2 Å². The third kappa shape index (κ3) is 5.29. The summed E-state index contributed by atoms with van der Waals surface area (Å²) < 4.78 is 27.0. The molecule has 3 rings (SSSR count). The van der Waals surface area contributed by atoms with E-state index in [-0.39, 0.29) is 22.4 Å². The van der Waals surface area contributed by atoms with Crippen molar-refractivity contribution in [3.05, 3.63) is 76.3 Å². The molecule has 140 valence electrons. The average Bonchev–Trinajstić information content (AvgIpc) is 3.08. The van der Waals surface area contributed by atoms with E-state index in [2.05, 4.69) is 15.0 Å². The molecular weight excluding hydrogens is 406 g/mol. The second-order valence-electron chi connectivity index (χ2n) is 5.61. The van der Waals surface area contributed by atoms with Crippen molar-refractivity contribution in [2.24, 2.45) is 0 Å². The van der Waals surface area contributed by atoms with Gasteiger partial charge in [-0.25, -0.2) is 13.4 Å². The van der Waals surface area contributed by atoms with Crippen molar-refractivity contribution in [3.63, 3.8) is 0 Å². The van der Waals surface area contributed by atoms with Crippen molar-refractivity contribution in [3.8, 4) is 0 Å². The van der Waals surface area contributed by atoms with E-state index in [1.165, 1.54) is 12.1 Å². The Balaban J connectivity index is 1.58. The van der Waals surface area contributed by atoms with Gasteiger partial charge >= 0.3 is 0 Å². The van der Waals surface area contributed by atoms with Crippen molar-refractivity contribution in [2.75, 3.05) is 4.72 Å². The van der Waals surface area contributed by atoms with Crippen molar-refractivity contribution in [1.82, 2.24) is 10.3 Å². The number of sulfonamides is 1. The molecule has 0 bridgehead atoms. The number of aromatic nitrogens is 1. The van der Waals surface area contributed by atoms with Crippen LogP contribution in [0.25, 0.3) is 0 Å². The van der Waals surface area contributed by atoms with Gasteiger partial charge in [-0.2, -0.15) is 0 Å². The maximum absolute atomic E-state index is 12.3. The van der Waals surface area contributed by atoms with Crippen LogP contribution in [-0.2, 0) is 27.8 Å². The number of anilines is 1. The summed E-state index contributed by atoms with van der Waals surface area (Å²) in [5.74, 6) is -0.224. The number of carbonyl (C=O) groups excluding carboxylic acids is 1. The quantitative estimate of drug-likeness (QED) is 0.611. The Morgan fingerprint density at radius 2 is 1.78 bits per heavy atom. The normalized spacial score (nSPS) is 11.1. The van der Waals surface area contributed by atoms with Crippen molar-refractivity contribution >= 4 is 44.0 Å². The Bertz CT molecular complexity index is 1040.